The highest BCUT2D eigenvalue weighted by Crippen LogP contribution is 2.49. The van der Waals surface area contributed by atoms with E-state index >= 15 is 0 Å². The van der Waals surface area contributed by atoms with Gasteiger partial charge in [0, 0.05) is 11.1 Å². The zero-order valence-corrected chi connectivity index (χ0v) is 15.5. The number of hydrogen-bond donors (Lipinski definition) is 2. The van der Waals surface area contributed by atoms with Crippen molar-refractivity contribution in [1.29, 1.82) is 0 Å². The highest BCUT2D eigenvalue weighted by atomic mass is 35.5. The molecule has 2 bridgehead atoms. The predicted molar refractivity (Wildman–Crippen MR) is 96.5 cm³/mol. The lowest BCUT2D eigenvalue weighted by molar-refractivity contribution is 0.207. The molecule has 4 atom stereocenters. The van der Waals surface area contributed by atoms with Crippen molar-refractivity contribution >= 4 is 17.6 Å². The second-order valence-corrected chi connectivity index (χ2v) is 7.82. The van der Waals surface area contributed by atoms with E-state index in [0.717, 1.165) is 33.7 Å². The van der Waals surface area contributed by atoms with Gasteiger partial charge in [0.15, 0.2) is 6.73 Å². The Morgan fingerprint density at radius 3 is 2.58 bits per heavy atom. The minimum Gasteiger partial charge on any atom is -0.473 e. The number of hydrogen-bond acceptors (Lipinski definition) is 2. The standard InChI is InChI=1S/C19H27ClN2O2/c1-11-6-16(7-12(2)18(11)20)24-10-21-19(23)22-13(3)17-9-14-4-5-15(17)8-14/h6-7,13-15,17H,4-5,8-10H2,1-3H3,(H2,21,22,23). The number of benzene rings is 1. The molecular weight excluding hydrogens is 324 g/mol. The number of fused-ring (bicyclic) bond motifs is 2. The van der Waals surface area contributed by atoms with Gasteiger partial charge in [-0.25, -0.2) is 4.79 Å². The minimum atomic E-state index is -0.160. The molecule has 2 N–H and O–H groups in total. The number of carbonyl (C=O) groups excluding carboxylic acids is 1. The van der Waals surface area contributed by atoms with E-state index in [1.54, 1.807) is 0 Å². The lowest BCUT2D eigenvalue weighted by atomic mass is 9.84. The Hall–Kier alpha value is -1.42. The number of nitrogens with one attached hydrogen (secondary N) is 2. The number of amides is 2. The molecular formula is C19H27ClN2O2. The van der Waals surface area contributed by atoms with E-state index in [0.29, 0.717) is 5.92 Å². The van der Waals surface area contributed by atoms with Gasteiger partial charge in [0.05, 0.1) is 0 Å². The van der Waals surface area contributed by atoms with Gasteiger partial charge in [0.25, 0.3) is 0 Å². The molecule has 132 valence electrons. The van der Waals surface area contributed by atoms with Gasteiger partial charge in [-0.05, 0) is 81.0 Å². The summed E-state index contributed by atoms with van der Waals surface area (Å²) in [6, 6.07) is 3.83. The molecule has 0 spiro atoms. The molecule has 5 heteroatoms. The zero-order valence-electron chi connectivity index (χ0n) is 14.7. The van der Waals surface area contributed by atoms with Crippen molar-refractivity contribution in [1.82, 2.24) is 10.6 Å². The summed E-state index contributed by atoms with van der Waals surface area (Å²) < 4.78 is 5.62. The van der Waals surface area contributed by atoms with E-state index in [1.165, 1.54) is 25.7 Å². The molecule has 2 fully saturated rings. The summed E-state index contributed by atoms with van der Waals surface area (Å²) >= 11 is 6.15. The first kappa shape index (κ1) is 17.4. The minimum absolute atomic E-state index is 0.149. The normalized spacial score (nSPS) is 26.2. The summed E-state index contributed by atoms with van der Waals surface area (Å²) in [6.45, 7) is 6.16. The van der Waals surface area contributed by atoms with Crippen molar-refractivity contribution in [3.63, 3.8) is 0 Å². The van der Waals surface area contributed by atoms with Crippen molar-refractivity contribution in [3.8, 4) is 5.75 Å². The molecule has 1 aromatic rings. The maximum Gasteiger partial charge on any atom is 0.317 e. The molecule has 4 nitrogen and oxygen atoms in total. The van der Waals surface area contributed by atoms with Crippen molar-refractivity contribution in [2.45, 2.75) is 52.5 Å². The third-order valence-electron chi connectivity index (χ3n) is 5.68. The van der Waals surface area contributed by atoms with Crippen molar-refractivity contribution in [2.75, 3.05) is 6.73 Å². The van der Waals surface area contributed by atoms with Crippen LogP contribution in [0.3, 0.4) is 0 Å². The number of carbonyl (C=O) groups is 1. The maximum absolute atomic E-state index is 12.1. The fourth-order valence-electron chi connectivity index (χ4n) is 4.45. The topological polar surface area (TPSA) is 50.4 Å². The average Bonchev–Trinajstić information content (AvgIpc) is 3.15. The Morgan fingerprint density at radius 2 is 2.00 bits per heavy atom. The molecule has 2 aliphatic carbocycles. The maximum atomic E-state index is 12.1. The molecule has 0 aromatic heterocycles. The molecule has 0 saturated heterocycles. The van der Waals surface area contributed by atoms with Gasteiger partial charge in [-0.3, -0.25) is 0 Å². The first-order valence-electron chi connectivity index (χ1n) is 8.88. The summed E-state index contributed by atoms with van der Waals surface area (Å²) in [5.74, 6) is 3.06. The number of halogens is 1. The van der Waals surface area contributed by atoms with Crippen LogP contribution in [0.1, 0.15) is 43.7 Å². The Kier molecular flexibility index (Phi) is 5.24. The molecule has 0 aliphatic heterocycles. The van der Waals surface area contributed by atoms with Crippen LogP contribution in [0.5, 0.6) is 5.75 Å². The van der Waals surface area contributed by atoms with Gasteiger partial charge in [0.2, 0.25) is 0 Å². The van der Waals surface area contributed by atoms with Gasteiger partial charge >= 0.3 is 6.03 Å². The molecule has 0 heterocycles. The molecule has 2 saturated carbocycles. The van der Waals surface area contributed by atoms with E-state index in [2.05, 4.69) is 17.6 Å². The quantitative estimate of drug-likeness (QED) is 0.772. The summed E-state index contributed by atoms with van der Waals surface area (Å²) in [5, 5.41) is 6.61. The molecule has 3 rings (SSSR count). The number of rotatable bonds is 5. The average molecular weight is 351 g/mol. The number of aryl methyl sites for hydroxylation is 2. The van der Waals surface area contributed by atoms with Gasteiger partial charge < -0.3 is 15.4 Å². The van der Waals surface area contributed by atoms with Crippen molar-refractivity contribution in [2.24, 2.45) is 17.8 Å². The molecule has 2 amide bonds. The third-order valence-corrected chi connectivity index (χ3v) is 6.27. The lowest BCUT2D eigenvalue weighted by Crippen LogP contribution is -2.46. The largest absolute Gasteiger partial charge is 0.473 e. The van der Waals surface area contributed by atoms with E-state index in [1.807, 2.05) is 26.0 Å². The predicted octanol–water partition coefficient (Wildman–Crippen LogP) is 4.42. The van der Waals surface area contributed by atoms with Crippen LogP contribution in [0.2, 0.25) is 5.02 Å². The summed E-state index contributed by atoms with van der Waals surface area (Å²) in [6.07, 6.45) is 5.35. The Morgan fingerprint density at radius 1 is 1.29 bits per heavy atom. The van der Waals surface area contributed by atoms with Crippen LogP contribution in [0.4, 0.5) is 4.79 Å². The molecule has 1 aromatic carbocycles. The van der Waals surface area contributed by atoms with Crippen LogP contribution in [-0.4, -0.2) is 18.8 Å². The highest BCUT2D eigenvalue weighted by molar-refractivity contribution is 6.32. The zero-order chi connectivity index (χ0) is 17.3. The third kappa shape index (κ3) is 3.80. The van der Waals surface area contributed by atoms with Crippen molar-refractivity contribution < 1.29 is 9.53 Å². The highest BCUT2D eigenvalue weighted by Gasteiger charge is 2.42. The van der Waals surface area contributed by atoms with E-state index in [9.17, 15) is 4.79 Å². The van der Waals surface area contributed by atoms with Gasteiger partial charge in [0.1, 0.15) is 5.75 Å². The van der Waals surface area contributed by atoms with Crippen LogP contribution in [0.25, 0.3) is 0 Å². The van der Waals surface area contributed by atoms with Crippen LogP contribution in [0, 0.1) is 31.6 Å². The monoisotopic (exact) mass is 350 g/mol. The summed E-state index contributed by atoms with van der Waals surface area (Å²) in [4.78, 5) is 12.1. The van der Waals surface area contributed by atoms with Crippen LogP contribution in [-0.2, 0) is 0 Å². The SMILES string of the molecule is Cc1cc(OCNC(=O)NC(C)C2CC3CCC2C3)cc(C)c1Cl. The lowest BCUT2D eigenvalue weighted by Gasteiger charge is -2.28. The smallest absolute Gasteiger partial charge is 0.317 e. The van der Waals surface area contributed by atoms with Crippen LogP contribution >= 0.6 is 11.6 Å². The summed E-state index contributed by atoms with van der Waals surface area (Å²) in [7, 11) is 0. The first-order valence-corrected chi connectivity index (χ1v) is 9.25. The van der Waals surface area contributed by atoms with E-state index < -0.39 is 0 Å². The Bertz CT molecular complexity index is 596. The second-order valence-electron chi connectivity index (χ2n) is 7.44. The Balaban J connectivity index is 1.43. The molecule has 4 unspecified atom stereocenters. The molecule has 2 aliphatic rings. The van der Waals surface area contributed by atoms with Crippen molar-refractivity contribution in [3.05, 3.63) is 28.3 Å². The molecule has 0 radical (unpaired) electrons. The van der Waals surface area contributed by atoms with Gasteiger partial charge in [-0.1, -0.05) is 18.0 Å². The molecule has 24 heavy (non-hydrogen) atoms. The number of urea groups is 1. The van der Waals surface area contributed by atoms with Gasteiger partial charge in [-0.2, -0.15) is 0 Å². The number of ether oxygens (including phenoxy) is 1. The second kappa shape index (κ2) is 7.22. The Labute approximate surface area is 149 Å². The van der Waals surface area contributed by atoms with E-state index in [4.69, 9.17) is 16.3 Å². The fourth-order valence-corrected chi connectivity index (χ4v) is 4.55. The summed E-state index contributed by atoms with van der Waals surface area (Å²) in [5.41, 5.74) is 1.95. The fraction of sp³-hybridized carbons (Fsp3) is 0.632. The van der Waals surface area contributed by atoms with Gasteiger partial charge in [-0.15, -0.1) is 0 Å². The first-order chi connectivity index (χ1) is 11.4. The van der Waals surface area contributed by atoms with Crippen LogP contribution < -0.4 is 15.4 Å². The van der Waals surface area contributed by atoms with E-state index in [-0.39, 0.29) is 18.8 Å². The van der Waals surface area contributed by atoms with Crippen LogP contribution in [0.15, 0.2) is 12.1 Å².